The Morgan fingerprint density at radius 3 is 3.00 bits per heavy atom. The summed E-state index contributed by atoms with van der Waals surface area (Å²) in [6.45, 7) is 1.24. The van der Waals surface area contributed by atoms with Crippen LogP contribution in [0.25, 0.3) is 0 Å². The molecule has 0 spiro atoms. The van der Waals surface area contributed by atoms with Gasteiger partial charge in [-0.25, -0.2) is 0 Å². The lowest BCUT2D eigenvalue weighted by Crippen LogP contribution is -2.27. The molecule has 0 aromatic carbocycles. The van der Waals surface area contributed by atoms with Crippen LogP contribution in [-0.2, 0) is 11.2 Å². The fourth-order valence-electron chi connectivity index (χ4n) is 1.06. The summed E-state index contributed by atoms with van der Waals surface area (Å²) >= 11 is 0. The van der Waals surface area contributed by atoms with E-state index in [9.17, 15) is 4.79 Å². The molecule has 4 nitrogen and oxygen atoms in total. The van der Waals surface area contributed by atoms with Crippen LogP contribution in [0.1, 0.15) is 12.1 Å². The second-order valence-electron chi connectivity index (χ2n) is 2.99. The third kappa shape index (κ3) is 4.00. The molecular formula is C10H15N3O. The molecular weight excluding hydrogens is 178 g/mol. The number of nitrogens with one attached hydrogen (secondary N) is 1. The zero-order chi connectivity index (χ0) is 10.2. The van der Waals surface area contributed by atoms with Gasteiger partial charge in [-0.1, -0.05) is 6.07 Å². The van der Waals surface area contributed by atoms with Crippen LogP contribution < -0.4 is 11.1 Å². The minimum atomic E-state index is -0.00264. The van der Waals surface area contributed by atoms with Gasteiger partial charge in [-0.3, -0.25) is 9.78 Å². The minimum Gasteiger partial charge on any atom is -0.356 e. The molecule has 0 radical (unpaired) electrons. The van der Waals surface area contributed by atoms with Crippen molar-refractivity contribution in [1.29, 1.82) is 0 Å². The van der Waals surface area contributed by atoms with Crippen molar-refractivity contribution in [2.75, 3.05) is 13.1 Å². The average Bonchev–Trinajstić information content (AvgIpc) is 2.20. The predicted molar refractivity (Wildman–Crippen MR) is 54.6 cm³/mol. The third-order valence-electron chi connectivity index (χ3n) is 1.77. The molecule has 1 rings (SSSR count). The zero-order valence-corrected chi connectivity index (χ0v) is 8.07. The Kier molecular flexibility index (Phi) is 4.64. The molecule has 0 aliphatic rings. The Morgan fingerprint density at radius 1 is 1.50 bits per heavy atom. The summed E-state index contributed by atoms with van der Waals surface area (Å²) in [5, 5.41) is 2.77. The first-order chi connectivity index (χ1) is 6.83. The number of rotatable bonds is 5. The molecule has 0 saturated carbocycles. The number of amides is 1. The Bertz CT molecular complexity index is 274. The Hall–Kier alpha value is -1.42. The molecule has 3 N–H and O–H groups in total. The lowest BCUT2D eigenvalue weighted by Gasteiger charge is -2.03. The molecule has 0 fully saturated rings. The van der Waals surface area contributed by atoms with Crippen molar-refractivity contribution in [2.45, 2.75) is 12.8 Å². The number of nitrogens with two attached hydrogens (primary N) is 1. The summed E-state index contributed by atoms with van der Waals surface area (Å²) < 4.78 is 0. The van der Waals surface area contributed by atoms with Crippen molar-refractivity contribution in [1.82, 2.24) is 10.3 Å². The third-order valence-corrected chi connectivity index (χ3v) is 1.77. The van der Waals surface area contributed by atoms with E-state index in [-0.39, 0.29) is 5.91 Å². The maximum absolute atomic E-state index is 11.3. The van der Waals surface area contributed by atoms with E-state index in [4.69, 9.17) is 5.73 Å². The summed E-state index contributed by atoms with van der Waals surface area (Å²) in [6, 6.07) is 5.54. The predicted octanol–water partition coefficient (Wildman–Crippen LogP) is 0.0891. The second-order valence-corrected chi connectivity index (χ2v) is 2.99. The molecule has 0 atom stereocenters. The van der Waals surface area contributed by atoms with Gasteiger partial charge < -0.3 is 11.1 Å². The first-order valence-corrected chi connectivity index (χ1v) is 4.69. The first kappa shape index (κ1) is 10.7. The quantitative estimate of drug-likeness (QED) is 0.651. The minimum absolute atomic E-state index is 0.00264. The van der Waals surface area contributed by atoms with Crippen LogP contribution in [0.2, 0.25) is 0 Å². The number of carbonyl (C=O) groups excluding carboxylic acids is 1. The highest BCUT2D eigenvalue weighted by atomic mass is 16.1. The Balaban J connectivity index is 2.27. The molecule has 14 heavy (non-hydrogen) atoms. The standard InChI is InChI=1S/C10H15N3O/c11-5-3-7-13-10(14)8-9-4-1-2-6-12-9/h1-2,4,6H,3,5,7-8,11H2,(H,13,14). The van der Waals surface area contributed by atoms with Gasteiger partial charge in [0, 0.05) is 18.4 Å². The number of pyridine rings is 1. The fourth-order valence-corrected chi connectivity index (χ4v) is 1.06. The molecule has 4 heteroatoms. The molecule has 0 aliphatic heterocycles. The molecule has 1 aromatic rings. The van der Waals surface area contributed by atoms with E-state index in [2.05, 4.69) is 10.3 Å². The number of carbonyl (C=O) groups is 1. The van der Waals surface area contributed by atoms with E-state index >= 15 is 0 Å². The van der Waals surface area contributed by atoms with Crippen LogP contribution in [0.5, 0.6) is 0 Å². The van der Waals surface area contributed by atoms with Gasteiger partial charge in [0.25, 0.3) is 0 Å². The van der Waals surface area contributed by atoms with E-state index in [1.807, 2.05) is 18.2 Å². The van der Waals surface area contributed by atoms with E-state index in [0.29, 0.717) is 19.5 Å². The van der Waals surface area contributed by atoms with Gasteiger partial charge in [0.2, 0.25) is 5.91 Å². The molecule has 0 saturated heterocycles. The van der Waals surface area contributed by atoms with Gasteiger partial charge in [-0.05, 0) is 25.1 Å². The molecule has 0 unspecified atom stereocenters. The van der Waals surface area contributed by atoms with Gasteiger partial charge in [-0.2, -0.15) is 0 Å². The summed E-state index contributed by atoms with van der Waals surface area (Å²) in [4.78, 5) is 15.4. The largest absolute Gasteiger partial charge is 0.356 e. The number of hydrogen-bond donors (Lipinski definition) is 2. The summed E-state index contributed by atoms with van der Waals surface area (Å²) in [5.74, 6) is -0.00264. The van der Waals surface area contributed by atoms with Crippen molar-refractivity contribution in [3.05, 3.63) is 30.1 Å². The highest BCUT2D eigenvalue weighted by Gasteiger charge is 2.01. The first-order valence-electron chi connectivity index (χ1n) is 4.69. The van der Waals surface area contributed by atoms with Crippen LogP contribution in [0, 0.1) is 0 Å². The van der Waals surface area contributed by atoms with Crippen LogP contribution in [-0.4, -0.2) is 24.0 Å². The van der Waals surface area contributed by atoms with Gasteiger partial charge >= 0.3 is 0 Å². The van der Waals surface area contributed by atoms with Crippen molar-refractivity contribution >= 4 is 5.91 Å². The van der Waals surface area contributed by atoms with Crippen molar-refractivity contribution < 1.29 is 4.79 Å². The second kappa shape index (κ2) is 6.10. The lowest BCUT2D eigenvalue weighted by atomic mass is 10.2. The van der Waals surface area contributed by atoms with Gasteiger partial charge in [-0.15, -0.1) is 0 Å². The maximum atomic E-state index is 11.3. The van der Waals surface area contributed by atoms with Crippen LogP contribution in [0.15, 0.2) is 24.4 Å². The lowest BCUT2D eigenvalue weighted by molar-refractivity contribution is -0.120. The summed E-state index contributed by atoms with van der Waals surface area (Å²) in [6.07, 6.45) is 2.84. The Labute approximate surface area is 83.5 Å². The van der Waals surface area contributed by atoms with Crippen molar-refractivity contribution in [3.63, 3.8) is 0 Å². The zero-order valence-electron chi connectivity index (χ0n) is 8.07. The Morgan fingerprint density at radius 2 is 2.36 bits per heavy atom. The molecule has 0 bridgehead atoms. The highest BCUT2D eigenvalue weighted by Crippen LogP contribution is 1.93. The highest BCUT2D eigenvalue weighted by molar-refractivity contribution is 5.77. The van der Waals surface area contributed by atoms with Crippen molar-refractivity contribution in [2.24, 2.45) is 5.73 Å². The monoisotopic (exact) mass is 193 g/mol. The van der Waals surface area contributed by atoms with E-state index in [1.165, 1.54) is 0 Å². The van der Waals surface area contributed by atoms with Crippen LogP contribution in [0.3, 0.4) is 0 Å². The van der Waals surface area contributed by atoms with Crippen LogP contribution in [0.4, 0.5) is 0 Å². The molecule has 76 valence electrons. The molecule has 1 amide bonds. The van der Waals surface area contributed by atoms with E-state index in [1.54, 1.807) is 6.20 Å². The van der Waals surface area contributed by atoms with E-state index < -0.39 is 0 Å². The number of aromatic nitrogens is 1. The van der Waals surface area contributed by atoms with Crippen LogP contribution >= 0.6 is 0 Å². The van der Waals surface area contributed by atoms with E-state index in [0.717, 1.165) is 12.1 Å². The fraction of sp³-hybridized carbons (Fsp3) is 0.400. The molecule has 1 aromatic heterocycles. The van der Waals surface area contributed by atoms with Gasteiger partial charge in [0.05, 0.1) is 6.42 Å². The number of hydrogen-bond acceptors (Lipinski definition) is 3. The average molecular weight is 193 g/mol. The normalized spacial score (nSPS) is 9.79. The number of nitrogens with zero attached hydrogens (tertiary/aromatic N) is 1. The summed E-state index contributed by atoms with van der Waals surface area (Å²) in [7, 11) is 0. The maximum Gasteiger partial charge on any atom is 0.226 e. The SMILES string of the molecule is NCCCNC(=O)Cc1ccccn1. The summed E-state index contributed by atoms with van der Waals surface area (Å²) in [5.41, 5.74) is 6.09. The topological polar surface area (TPSA) is 68.0 Å². The van der Waals surface area contributed by atoms with Gasteiger partial charge in [0.1, 0.15) is 0 Å². The molecule has 1 heterocycles. The van der Waals surface area contributed by atoms with Gasteiger partial charge in [0.15, 0.2) is 0 Å². The van der Waals surface area contributed by atoms with Crippen molar-refractivity contribution in [3.8, 4) is 0 Å². The smallest absolute Gasteiger partial charge is 0.226 e. The molecule has 0 aliphatic carbocycles.